The van der Waals surface area contributed by atoms with E-state index in [0.29, 0.717) is 21.4 Å². The molecular formula is C17H13Cl2N3O2. The van der Waals surface area contributed by atoms with Crippen molar-refractivity contribution in [3.63, 3.8) is 0 Å². The second kappa shape index (κ2) is 6.63. The Labute approximate surface area is 148 Å². The average molecular weight is 362 g/mol. The lowest BCUT2D eigenvalue weighted by Crippen LogP contribution is -2.11. The average Bonchev–Trinajstić information content (AvgIpc) is 2.95. The van der Waals surface area contributed by atoms with E-state index in [9.17, 15) is 9.90 Å². The molecule has 122 valence electrons. The largest absolute Gasteiger partial charge is 0.477 e. The van der Waals surface area contributed by atoms with Gasteiger partial charge < -0.3 is 9.67 Å². The van der Waals surface area contributed by atoms with E-state index in [4.69, 9.17) is 23.2 Å². The van der Waals surface area contributed by atoms with E-state index in [1.54, 1.807) is 35.2 Å². The Morgan fingerprint density at radius 3 is 2.71 bits per heavy atom. The topological polar surface area (TPSA) is 68.0 Å². The van der Waals surface area contributed by atoms with Crippen LogP contribution < -0.4 is 0 Å². The summed E-state index contributed by atoms with van der Waals surface area (Å²) < 4.78 is 1.59. The van der Waals surface area contributed by atoms with Crippen LogP contribution in [-0.2, 0) is 6.54 Å². The number of nitrogens with zero attached hydrogens (tertiary/aromatic N) is 3. The van der Waals surface area contributed by atoms with Gasteiger partial charge in [-0.2, -0.15) is 0 Å². The summed E-state index contributed by atoms with van der Waals surface area (Å²) in [5, 5.41) is 10.5. The Hall–Kier alpha value is -2.37. The van der Waals surface area contributed by atoms with Crippen molar-refractivity contribution >= 4 is 29.2 Å². The van der Waals surface area contributed by atoms with Crippen molar-refractivity contribution < 1.29 is 9.90 Å². The van der Waals surface area contributed by atoms with Crippen molar-refractivity contribution in [3.05, 3.63) is 69.7 Å². The van der Waals surface area contributed by atoms with Gasteiger partial charge in [0.15, 0.2) is 0 Å². The molecule has 0 atom stereocenters. The summed E-state index contributed by atoms with van der Waals surface area (Å²) in [6, 6.07) is 6.99. The van der Waals surface area contributed by atoms with E-state index in [2.05, 4.69) is 9.97 Å². The number of pyridine rings is 1. The van der Waals surface area contributed by atoms with E-state index >= 15 is 0 Å². The Balaban J connectivity index is 2.13. The van der Waals surface area contributed by atoms with Gasteiger partial charge in [-0.25, -0.2) is 9.78 Å². The standard InChI is InChI=1S/C17H13Cl2N3O2/c1-10-4-11(7-20-6-10)16-21-8-15(17(23)24)22(16)9-12-5-13(18)2-3-14(12)19/h2-8H,9H2,1H3,(H,23,24). The monoisotopic (exact) mass is 361 g/mol. The van der Waals surface area contributed by atoms with Crippen LogP contribution in [-0.4, -0.2) is 25.6 Å². The van der Waals surface area contributed by atoms with Gasteiger partial charge in [0.1, 0.15) is 11.5 Å². The molecule has 0 aliphatic carbocycles. The minimum atomic E-state index is -1.06. The van der Waals surface area contributed by atoms with Gasteiger partial charge in [0.25, 0.3) is 0 Å². The number of carbonyl (C=O) groups is 1. The SMILES string of the molecule is Cc1cncc(-c2ncc(C(=O)O)n2Cc2cc(Cl)ccc2Cl)c1. The highest BCUT2D eigenvalue weighted by Crippen LogP contribution is 2.26. The highest BCUT2D eigenvalue weighted by molar-refractivity contribution is 6.33. The summed E-state index contributed by atoms with van der Waals surface area (Å²) in [6.07, 6.45) is 4.71. The van der Waals surface area contributed by atoms with Gasteiger partial charge in [0.05, 0.1) is 12.7 Å². The van der Waals surface area contributed by atoms with E-state index in [0.717, 1.165) is 11.1 Å². The van der Waals surface area contributed by atoms with Crippen LogP contribution in [0.4, 0.5) is 0 Å². The zero-order chi connectivity index (χ0) is 17.3. The van der Waals surface area contributed by atoms with Crippen molar-refractivity contribution in [2.45, 2.75) is 13.5 Å². The number of imidazole rings is 1. The maximum atomic E-state index is 11.5. The van der Waals surface area contributed by atoms with Crippen molar-refractivity contribution in [1.29, 1.82) is 0 Å². The molecule has 0 radical (unpaired) electrons. The lowest BCUT2D eigenvalue weighted by Gasteiger charge is -2.12. The Morgan fingerprint density at radius 1 is 1.21 bits per heavy atom. The molecule has 0 saturated carbocycles. The number of aromatic nitrogens is 3. The summed E-state index contributed by atoms with van der Waals surface area (Å²) >= 11 is 12.2. The number of aromatic carboxylic acids is 1. The molecule has 0 aliphatic heterocycles. The molecule has 3 aromatic rings. The van der Waals surface area contributed by atoms with Gasteiger partial charge in [0, 0.05) is 28.0 Å². The number of aryl methyl sites for hydroxylation is 1. The number of halogens is 2. The minimum absolute atomic E-state index is 0.0718. The first kappa shape index (κ1) is 16.5. The maximum Gasteiger partial charge on any atom is 0.354 e. The molecule has 1 aromatic carbocycles. The Kier molecular flexibility index (Phi) is 4.55. The lowest BCUT2D eigenvalue weighted by molar-refractivity contribution is 0.0686. The summed E-state index contributed by atoms with van der Waals surface area (Å²) in [5.41, 5.74) is 2.48. The van der Waals surface area contributed by atoms with E-state index < -0.39 is 5.97 Å². The third-order valence-electron chi connectivity index (χ3n) is 3.54. The van der Waals surface area contributed by atoms with Gasteiger partial charge in [0.2, 0.25) is 0 Å². The number of rotatable bonds is 4. The molecule has 0 spiro atoms. The van der Waals surface area contributed by atoms with Crippen molar-refractivity contribution in [2.75, 3.05) is 0 Å². The Morgan fingerprint density at radius 2 is 2.00 bits per heavy atom. The van der Waals surface area contributed by atoms with Gasteiger partial charge in [-0.3, -0.25) is 4.98 Å². The van der Waals surface area contributed by atoms with Gasteiger partial charge in [-0.15, -0.1) is 0 Å². The molecular weight excluding hydrogens is 349 g/mol. The Bertz CT molecular complexity index is 922. The van der Waals surface area contributed by atoms with Crippen LogP contribution in [0.15, 0.2) is 42.9 Å². The van der Waals surface area contributed by atoms with E-state index in [-0.39, 0.29) is 12.2 Å². The second-order valence-electron chi connectivity index (χ2n) is 5.35. The fourth-order valence-corrected chi connectivity index (χ4v) is 2.82. The highest BCUT2D eigenvalue weighted by atomic mass is 35.5. The minimum Gasteiger partial charge on any atom is -0.477 e. The molecule has 0 bridgehead atoms. The van der Waals surface area contributed by atoms with Crippen LogP contribution in [0, 0.1) is 6.92 Å². The van der Waals surface area contributed by atoms with Crippen molar-refractivity contribution in [1.82, 2.24) is 14.5 Å². The fourth-order valence-electron chi connectivity index (χ4n) is 2.45. The zero-order valence-electron chi connectivity index (χ0n) is 12.7. The highest BCUT2D eigenvalue weighted by Gasteiger charge is 2.18. The number of hydrogen-bond donors (Lipinski definition) is 1. The van der Waals surface area contributed by atoms with Crippen LogP contribution in [0.3, 0.4) is 0 Å². The summed E-state index contributed by atoms with van der Waals surface area (Å²) in [6.45, 7) is 2.15. The molecule has 5 nitrogen and oxygen atoms in total. The normalized spacial score (nSPS) is 10.8. The van der Waals surface area contributed by atoms with Crippen molar-refractivity contribution in [3.8, 4) is 11.4 Å². The van der Waals surface area contributed by atoms with Crippen LogP contribution in [0.2, 0.25) is 10.0 Å². The number of hydrogen-bond acceptors (Lipinski definition) is 3. The van der Waals surface area contributed by atoms with Crippen LogP contribution in [0.1, 0.15) is 21.6 Å². The number of carboxylic acids is 1. The first-order chi connectivity index (χ1) is 11.5. The van der Waals surface area contributed by atoms with E-state index in [1.165, 1.54) is 6.20 Å². The molecule has 0 unspecified atom stereocenters. The number of benzene rings is 1. The second-order valence-corrected chi connectivity index (χ2v) is 6.19. The smallest absolute Gasteiger partial charge is 0.354 e. The van der Waals surface area contributed by atoms with Gasteiger partial charge >= 0.3 is 5.97 Å². The number of carboxylic acid groups (broad SMARTS) is 1. The lowest BCUT2D eigenvalue weighted by atomic mass is 10.2. The van der Waals surface area contributed by atoms with Crippen molar-refractivity contribution in [2.24, 2.45) is 0 Å². The van der Waals surface area contributed by atoms with Crippen LogP contribution >= 0.6 is 23.2 Å². The molecule has 24 heavy (non-hydrogen) atoms. The first-order valence-corrected chi connectivity index (χ1v) is 7.86. The third-order valence-corrected chi connectivity index (χ3v) is 4.15. The molecule has 1 N–H and O–H groups in total. The first-order valence-electron chi connectivity index (χ1n) is 7.10. The van der Waals surface area contributed by atoms with Gasteiger partial charge in [-0.1, -0.05) is 23.2 Å². The molecule has 0 fully saturated rings. The predicted molar refractivity (Wildman–Crippen MR) is 92.7 cm³/mol. The summed E-state index contributed by atoms with van der Waals surface area (Å²) in [4.78, 5) is 19.9. The molecule has 0 aliphatic rings. The fraction of sp³-hybridized carbons (Fsp3) is 0.118. The third kappa shape index (κ3) is 3.27. The van der Waals surface area contributed by atoms with E-state index in [1.807, 2.05) is 13.0 Å². The molecule has 2 aromatic heterocycles. The maximum absolute atomic E-state index is 11.5. The summed E-state index contributed by atoms with van der Waals surface area (Å²) in [7, 11) is 0. The predicted octanol–water partition coefficient (Wildman–Crippen LogP) is 4.31. The molecule has 7 heteroatoms. The molecule has 0 saturated heterocycles. The quantitative estimate of drug-likeness (QED) is 0.751. The summed E-state index contributed by atoms with van der Waals surface area (Å²) in [5.74, 6) is -0.549. The van der Waals surface area contributed by atoms with Crippen LogP contribution in [0.25, 0.3) is 11.4 Å². The molecule has 3 rings (SSSR count). The van der Waals surface area contributed by atoms with Gasteiger partial charge in [-0.05, 0) is 42.3 Å². The molecule has 0 amide bonds. The molecule has 2 heterocycles. The van der Waals surface area contributed by atoms with Crippen LogP contribution in [0.5, 0.6) is 0 Å². The zero-order valence-corrected chi connectivity index (χ0v) is 14.2.